The van der Waals surface area contributed by atoms with Crippen molar-refractivity contribution < 1.29 is 14.3 Å². The lowest BCUT2D eigenvalue weighted by atomic mass is 10.1. The number of hydrogen-bond donors (Lipinski definition) is 0. The zero-order valence-corrected chi connectivity index (χ0v) is 12.6. The van der Waals surface area contributed by atoms with Crippen molar-refractivity contribution in [1.82, 2.24) is 9.80 Å². The van der Waals surface area contributed by atoms with E-state index in [-0.39, 0.29) is 11.8 Å². The Labute approximate surface area is 128 Å². The molecule has 2 aliphatic rings. The standard InChI is InChI=1S/C15H17ClN2O3/c1-10(19)17-4-6-18(7-5-17)15(20)14-9-11-8-12(16)2-3-13(11)21-14/h2-3,8,14H,4-7,9H2,1H3/t14-/m1/s1. The van der Waals surface area contributed by atoms with Crippen molar-refractivity contribution in [1.29, 1.82) is 0 Å². The summed E-state index contributed by atoms with van der Waals surface area (Å²) >= 11 is 5.96. The lowest BCUT2D eigenvalue weighted by Crippen LogP contribution is -2.53. The van der Waals surface area contributed by atoms with Gasteiger partial charge in [-0.1, -0.05) is 11.6 Å². The minimum atomic E-state index is -0.470. The number of benzene rings is 1. The van der Waals surface area contributed by atoms with Gasteiger partial charge in [0.1, 0.15) is 5.75 Å². The van der Waals surface area contributed by atoms with Gasteiger partial charge in [0, 0.05) is 44.5 Å². The molecule has 112 valence electrons. The van der Waals surface area contributed by atoms with E-state index in [1.54, 1.807) is 28.9 Å². The third kappa shape index (κ3) is 2.83. The van der Waals surface area contributed by atoms with Crippen molar-refractivity contribution in [3.63, 3.8) is 0 Å². The minimum absolute atomic E-state index is 0.00877. The van der Waals surface area contributed by atoms with E-state index in [0.29, 0.717) is 37.6 Å². The summed E-state index contributed by atoms with van der Waals surface area (Å²) in [5, 5.41) is 0.653. The Morgan fingerprint density at radius 1 is 1.19 bits per heavy atom. The quantitative estimate of drug-likeness (QED) is 0.786. The molecule has 1 saturated heterocycles. The van der Waals surface area contributed by atoms with Gasteiger partial charge in [0.2, 0.25) is 5.91 Å². The fourth-order valence-electron chi connectivity index (χ4n) is 2.80. The molecule has 0 bridgehead atoms. The van der Waals surface area contributed by atoms with Gasteiger partial charge in [-0.2, -0.15) is 0 Å². The largest absolute Gasteiger partial charge is 0.480 e. The van der Waals surface area contributed by atoms with Gasteiger partial charge < -0.3 is 14.5 Å². The lowest BCUT2D eigenvalue weighted by molar-refractivity contribution is -0.143. The molecule has 1 aromatic carbocycles. The first-order chi connectivity index (χ1) is 10.0. The first-order valence-electron chi connectivity index (χ1n) is 7.04. The zero-order chi connectivity index (χ0) is 15.0. The molecule has 0 aliphatic carbocycles. The van der Waals surface area contributed by atoms with Gasteiger partial charge in [0.05, 0.1) is 0 Å². The molecule has 0 aromatic heterocycles. The van der Waals surface area contributed by atoms with Gasteiger partial charge in [-0.05, 0) is 23.8 Å². The Bertz CT molecular complexity index is 582. The summed E-state index contributed by atoms with van der Waals surface area (Å²) < 4.78 is 5.72. The van der Waals surface area contributed by atoms with Gasteiger partial charge in [0.15, 0.2) is 6.10 Å². The van der Waals surface area contributed by atoms with E-state index in [4.69, 9.17) is 16.3 Å². The summed E-state index contributed by atoms with van der Waals surface area (Å²) in [7, 11) is 0. The van der Waals surface area contributed by atoms with Crippen LogP contribution >= 0.6 is 11.6 Å². The Morgan fingerprint density at radius 2 is 1.86 bits per heavy atom. The van der Waals surface area contributed by atoms with E-state index in [2.05, 4.69) is 0 Å². The molecular formula is C15H17ClN2O3. The van der Waals surface area contributed by atoms with Crippen molar-refractivity contribution in [3.8, 4) is 5.75 Å². The summed E-state index contributed by atoms with van der Waals surface area (Å²) in [4.78, 5) is 27.3. The molecule has 21 heavy (non-hydrogen) atoms. The number of hydrogen-bond acceptors (Lipinski definition) is 3. The Kier molecular flexibility index (Phi) is 3.76. The highest BCUT2D eigenvalue weighted by atomic mass is 35.5. The molecule has 1 atom stereocenters. The van der Waals surface area contributed by atoms with E-state index < -0.39 is 6.10 Å². The summed E-state index contributed by atoms with van der Waals surface area (Å²) in [6, 6.07) is 5.41. The van der Waals surface area contributed by atoms with Crippen molar-refractivity contribution >= 4 is 23.4 Å². The molecule has 0 radical (unpaired) electrons. The smallest absolute Gasteiger partial charge is 0.264 e. The Morgan fingerprint density at radius 3 is 2.52 bits per heavy atom. The van der Waals surface area contributed by atoms with Crippen LogP contribution in [0, 0.1) is 0 Å². The number of fused-ring (bicyclic) bond motifs is 1. The molecule has 1 aromatic rings. The van der Waals surface area contributed by atoms with Gasteiger partial charge >= 0.3 is 0 Å². The normalized spacial score (nSPS) is 21.0. The first kappa shape index (κ1) is 14.2. The van der Waals surface area contributed by atoms with E-state index >= 15 is 0 Å². The number of ether oxygens (including phenoxy) is 1. The number of piperazine rings is 1. The fourth-order valence-corrected chi connectivity index (χ4v) is 2.99. The lowest BCUT2D eigenvalue weighted by Gasteiger charge is -2.35. The number of carbonyl (C=O) groups is 2. The van der Waals surface area contributed by atoms with Crippen LogP contribution in [0.5, 0.6) is 5.75 Å². The van der Waals surface area contributed by atoms with Crippen LogP contribution < -0.4 is 4.74 Å². The van der Waals surface area contributed by atoms with Crippen LogP contribution in [0.2, 0.25) is 5.02 Å². The van der Waals surface area contributed by atoms with Crippen molar-refractivity contribution in [2.24, 2.45) is 0 Å². The average Bonchev–Trinajstić information content (AvgIpc) is 2.89. The monoisotopic (exact) mass is 308 g/mol. The minimum Gasteiger partial charge on any atom is -0.480 e. The maximum Gasteiger partial charge on any atom is 0.264 e. The predicted molar refractivity (Wildman–Crippen MR) is 78.4 cm³/mol. The molecule has 2 aliphatic heterocycles. The van der Waals surface area contributed by atoms with Crippen LogP contribution in [0.3, 0.4) is 0 Å². The third-order valence-electron chi connectivity index (χ3n) is 4.01. The van der Waals surface area contributed by atoms with E-state index in [1.807, 2.05) is 6.07 Å². The summed E-state index contributed by atoms with van der Waals surface area (Å²) in [6.45, 7) is 3.86. The molecule has 2 amide bonds. The second-order valence-corrected chi connectivity index (χ2v) is 5.83. The molecule has 5 nitrogen and oxygen atoms in total. The Hall–Kier alpha value is -1.75. The fraction of sp³-hybridized carbons (Fsp3) is 0.467. The first-order valence-corrected chi connectivity index (χ1v) is 7.42. The van der Waals surface area contributed by atoms with Crippen molar-refractivity contribution in [2.75, 3.05) is 26.2 Å². The number of amides is 2. The van der Waals surface area contributed by atoms with Gasteiger partial charge in [-0.3, -0.25) is 9.59 Å². The molecule has 6 heteroatoms. The molecular weight excluding hydrogens is 292 g/mol. The van der Waals surface area contributed by atoms with E-state index in [0.717, 1.165) is 11.3 Å². The van der Waals surface area contributed by atoms with Crippen LogP contribution in [-0.2, 0) is 16.0 Å². The number of rotatable bonds is 1. The predicted octanol–water partition coefficient (Wildman–Crippen LogP) is 1.33. The second-order valence-electron chi connectivity index (χ2n) is 5.39. The molecule has 3 rings (SSSR count). The SMILES string of the molecule is CC(=O)N1CCN(C(=O)[C@H]2Cc3cc(Cl)ccc3O2)CC1. The van der Waals surface area contributed by atoms with Gasteiger partial charge in [-0.25, -0.2) is 0 Å². The highest BCUT2D eigenvalue weighted by molar-refractivity contribution is 6.30. The number of carbonyl (C=O) groups excluding carboxylic acids is 2. The molecule has 1 fully saturated rings. The summed E-state index contributed by atoms with van der Waals surface area (Å²) in [5.74, 6) is 0.784. The summed E-state index contributed by atoms with van der Waals surface area (Å²) in [6.07, 6.45) is 0.0871. The zero-order valence-electron chi connectivity index (χ0n) is 11.8. The maximum absolute atomic E-state index is 12.5. The molecule has 0 spiro atoms. The van der Waals surface area contributed by atoms with E-state index in [9.17, 15) is 9.59 Å². The molecule has 2 heterocycles. The summed E-state index contributed by atoms with van der Waals surface area (Å²) in [5.41, 5.74) is 0.975. The highest BCUT2D eigenvalue weighted by Gasteiger charge is 2.34. The molecule has 0 saturated carbocycles. The average molecular weight is 309 g/mol. The van der Waals surface area contributed by atoms with E-state index in [1.165, 1.54) is 0 Å². The van der Waals surface area contributed by atoms with Crippen LogP contribution in [0.4, 0.5) is 0 Å². The van der Waals surface area contributed by atoms with Crippen LogP contribution in [0.1, 0.15) is 12.5 Å². The highest BCUT2D eigenvalue weighted by Crippen LogP contribution is 2.31. The second kappa shape index (κ2) is 5.56. The number of nitrogens with zero attached hydrogens (tertiary/aromatic N) is 2. The molecule has 0 N–H and O–H groups in total. The van der Waals surface area contributed by atoms with Gasteiger partial charge in [-0.15, -0.1) is 0 Å². The topological polar surface area (TPSA) is 49.9 Å². The Balaban J connectivity index is 1.62. The molecule has 0 unspecified atom stereocenters. The number of halogens is 1. The third-order valence-corrected chi connectivity index (χ3v) is 4.24. The van der Waals surface area contributed by atoms with Crippen LogP contribution in [-0.4, -0.2) is 53.9 Å². The van der Waals surface area contributed by atoms with Gasteiger partial charge in [0.25, 0.3) is 5.91 Å². The van der Waals surface area contributed by atoms with Crippen LogP contribution in [0.25, 0.3) is 0 Å². The maximum atomic E-state index is 12.5. The van der Waals surface area contributed by atoms with Crippen molar-refractivity contribution in [2.45, 2.75) is 19.4 Å². The van der Waals surface area contributed by atoms with Crippen molar-refractivity contribution in [3.05, 3.63) is 28.8 Å². The van der Waals surface area contributed by atoms with Crippen LogP contribution in [0.15, 0.2) is 18.2 Å².